The number of carbonyl (C=O) groups is 1. The largest absolute Gasteiger partial charge is 0.493 e. The van der Waals surface area contributed by atoms with Gasteiger partial charge in [-0.15, -0.1) is 0 Å². The van der Waals surface area contributed by atoms with Crippen LogP contribution in [-0.4, -0.2) is 20.2 Å². The molecule has 0 saturated carbocycles. The Bertz CT molecular complexity index is 842. The van der Waals surface area contributed by atoms with Gasteiger partial charge in [-0.1, -0.05) is 24.3 Å². The van der Waals surface area contributed by atoms with Crippen molar-refractivity contribution in [3.8, 4) is 5.75 Å². The summed E-state index contributed by atoms with van der Waals surface area (Å²) in [6.07, 6.45) is 3.11. The second kappa shape index (κ2) is 5.32. The number of para-hydroxylation sites is 1. The molecule has 3 aromatic rings. The molecular weight excluding hydrogens is 268 g/mol. The summed E-state index contributed by atoms with van der Waals surface area (Å²) in [7, 11) is 2.95. The van der Waals surface area contributed by atoms with Crippen molar-refractivity contribution in [2.24, 2.45) is 0 Å². The summed E-state index contributed by atoms with van der Waals surface area (Å²) in [5, 5.41) is 1.90. The number of ether oxygens (including phenoxy) is 2. The Morgan fingerprint density at radius 2 is 1.95 bits per heavy atom. The van der Waals surface area contributed by atoms with Crippen molar-refractivity contribution >= 4 is 34.0 Å². The average molecular weight is 282 g/mol. The molecule has 4 heteroatoms. The molecule has 0 aliphatic rings. The number of benzene rings is 2. The fraction of sp³-hybridized carbons (Fsp3) is 0.118. The monoisotopic (exact) mass is 282 g/mol. The van der Waals surface area contributed by atoms with Gasteiger partial charge in [-0.3, -0.25) is 0 Å². The Labute approximate surface area is 121 Å². The summed E-state index contributed by atoms with van der Waals surface area (Å²) in [6, 6.07) is 11.5. The first-order valence-corrected chi connectivity index (χ1v) is 6.49. The summed E-state index contributed by atoms with van der Waals surface area (Å²) in [5.74, 6) is 0.267. The molecule has 0 spiro atoms. The highest BCUT2D eigenvalue weighted by Gasteiger charge is 2.14. The van der Waals surface area contributed by atoms with Gasteiger partial charge < -0.3 is 13.9 Å². The third-order valence-electron chi connectivity index (χ3n) is 3.34. The summed E-state index contributed by atoms with van der Waals surface area (Å²) in [4.78, 5) is 11.3. The minimum absolute atomic E-state index is 0.397. The van der Waals surface area contributed by atoms with Gasteiger partial charge in [0.2, 0.25) is 0 Å². The molecule has 0 saturated heterocycles. The zero-order valence-electron chi connectivity index (χ0n) is 11.8. The molecule has 0 unspecified atom stereocenters. The lowest BCUT2D eigenvalue weighted by Gasteiger charge is -2.03. The Balaban J connectivity index is 2.30. The number of methoxy groups -OCH3 is 2. The van der Waals surface area contributed by atoms with Crippen molar-refractivity contribution in [2.75, 3.05) is 14.2 Å². The van der Waals surface area contributed by atoms with Gasteiger partial charge in [-0.05, 0) is 23.8 Å². The van der Waals surface area contributed by atoms with E-state index in [1.807, 2.05) is 36.4 Å². The lowest BCUT2D eigenvalue weighted by molar-refractivity contribution is -0.134. The molecule has 0 aliphatic carbocycles. The first-order valence-electron chi connectivity index (χ1n) is 6.49. The maximum Gasteiger partial charge on any atom is 0.330 e. The standard InChI is InChI=1S/C17H14O4/c1-19-14-9-7-11(8-10-15(18)20-2)16-12-5-3-4-6-13(12)21-17(14)16/h3-10H,1-2H3. The van der Waals surface area contributed by atoms with Gasteiger partial charge in [0.1, 0.15) is 5.58 Å². The third kappa shape index (κ3) is 2.25. The molecule has 2 aromatic carbocycles. The second-order valence-corrected chi connectivity index (χ2v) is 4.52. The van der Waals surface area contributed by atoms with Crippen molar-refractivity contribution < 1.29 is 18.7 Å². The minimum atomic E-state index is -0.397. The quantitative estimate of drug-likeness (QED) is 0.542. The van der Waals surface area contributed by atoms with E-state index in [4.69, 9.17) is 9.15 Å². The van der Waals surface area contributed by atoms with E-state index in [9.17, 15) is 4.79 Å². The third-order valence-corrected chi connectivity index (χ3v) is 3.34. The Morgan fingerprint density at radius 3 is 2.71 bits per heavy atom. The van der Waals surface area contributed by atoms with Gasteiger partial charge in [0.25, 0.3) is 0 Å². The van der Waals surface area contributed by atoms with Crippen LogP contribution in [0, 0.1) is 0 Å². The van der Waals surface area contributed by atoms with E-state index in [0.717, 1.165) is 21.9 Å². The fourth-order valence-electron chi connectivity index (χ4n) is 2.36. The zero-order chi connectivity index (χ0) is 14.8. The molecule has 0 aliphatic heterocycles. The lowest BCUT2D eigenvalue weighted by Crippen LogP contribution is -1.93. The highest BCUT2D eigenvalue weighted by atomic mass is 16.5. The van der Waals surface area contributed by atoms with Crippen LogP contribution in [0.2, 0.25) is 0 Å². The number of carbonyl (C=O) groups excluding carboxylic acids is 1. The van der Waals surface area contributed by atoms with Crippen LogP contribution < -0.4 is 4.74 Å². The highest BCUT2D eigenvalue weighted by Crippen LogP contribution is 2.37. The smallest absolute Gasteiger partial charge is 0.330 e. The first kappa shape index (κ1) is 13.2. The van der Waals surface area contributed by atoms with E-state index in [0.29, 0.717) is 11.3 Å². The van der Waals surface area contributed by atoms with E-state index in [1.165, 1.54) is 13.2 Å². The predicted octanol–water partition coefficient (Wildman–Crippen LogP) is 3.78. The van der Waals surface area contributed by atoms with Crippen LogP contribution in [0.5, 0.6) is 5.75 Å². The van der Waals surface area contributed by atoms with Crippen LogP contribution in [0.3, 0.4) is 0 Å². The molecule has 0 N–H and O–H groups in total. The molecule has 0 amide bonds. The van der Waals surface area contributed by atoms with Gasteiger partial charge in [-0.2, -0.15) is 0 Å². The van der Waals surface area contributed by atoms with Crippen LogP contribution in [0.1, 0.15) is 5.56 Å². The van der Waals surface area contributed by atoms with Crippen LogP contribution >= 0.6 is 0 Å². The lowest BCUT2D eigenvalue weighted by atomic mass is 10.1. The van der Waals surface area contributed by atoms with Gasteiger partial charge in [0.15, 0.2) is 11.3 Å². The van der Waals surface area contributed by atoms with Gasteiger partial charge in [0.05, 0.1) is 14.2 Å². The van der Waals surface area contributed by atoms with E-state index >= 15 is 0 Å². The number of hydrogen-bond donors (Lipinski definition) is 0. The second-order valence-electron chi connectivity index (χ2n) is 4.52. The van der Waals surface area contributed by atoms with Crippen LogP contribution in [0.4, 0.5) is 0 Å². The molecule has 4 nitrogen and oxygen atoms in total. The molecule has 0 bridgehead atoms. The van der Waals surface area contributed by atoms with Crippen LogP contribution in [0.25, 0.3) is 28.0 Å². The zero-order valence-corrected chi connectivity index (χ0v) is 11.8. The molecule has 0 atom stereocenters. The maximum atomic E-state index is 11.3. The Kier molecular flexibility index (Phi) is 3.36. The first-order chi connectivity index (χ1) is 10.2. The highest BCUT2D eigenvalue weighted by molar-refractivity contribution is 6.11. The van der Waals surface area contributed by atoms with Gasteiger partial charge >= 0.3 is 5.97 Å². The average Bonchev–Trinajstić information content (AvgIpc) is 2.92. The van der Waals surface area contributed by atoms with Crippen LogP contribution in [-0.2, 0) is 9.53 Å². The number of fused-ring (bicyclic) bond motifs is 3. The predicted molar refractivity (Wildman–Crippen MR) is 81.3 cm³/mol. The Morgan fingerprint density at radius 1 is 1.14 bits per heavy atom. The van der Waals surface area contributed by atoms with Crippen molar-refractivity contribution in [3.05, 3.63) is 48.0 Å². The summed E-state index contributed by atoms with van der Waals surface area (Å²) in [6.45, 7) is 0. The van der Waals surface area contributed by atoms with E-state index in [1.54, 1.807) is 13.2 Å². The molecular formula is C17H14O4. The normalized spacial score (nSPS) is 11.3. The minimum Gasteiger partial charge on any atom is -0.493 e. The Hall–Kier alpha value is -2.75. The number of furan rings is 1. The molecule has 0 fully saturated rings. The van der Waals surface area contributed by atoms with Crippen molar-refractivity contribution in [1.82, 2.24) is 0 Å². The van der Waals surface area contributed by atoms with Crippen molar-refractivity contribution in [1.29, 1.82) is 0 Å². The summed E-state index contributed by atoms with van der Waals surface area (Å²) in [5.41, 5.74) is 2.33. The van der Waals surface area contributed by atoms with Crippen molar-refractivity contribution in [2.45, 2.75) is 0 Å². The number of esters is 1. The SMILES string of the molecule is COC(=O)C=Cc1ccc(OC)c2oc3ccccc3c12. The number of rotatable bonds is 3. The van der Waals surface area contributed by atoms with Gasteiger partial charge in [0, 0.05) is 16.8 Å². The summed E-state index contributed by atoms with van der Waals surface area (Å²) >= 11 is 0. The molecule has 1 heterocycles. The molecule has 3 rings (SSSR count). The maximum absolute atomic E-state index is 11.3. The molecule has 21 heavy (non-hydrogen) atoms. The van der Waals surface area contributed by atoms with E-state index < -0.39 is 5.97 Å². The molecule has 1 aromatic heterocycles. The fourth-order valence-corrected chi connectivity index (χ4v) is 2.36. The molecule has 0 radical (unpaired) electrons. The number of hydrogen-bond acceptors (Lipinski definition) is 4. The van der Waals surface area contributed by atoms with E-state index in [-0.39, 0.29) is 0 Å². The van der Waals surface area contributed by atoms with E-state index in [2.05, 4.69) is 4.74 Å². The van der Waals surface area contributed by atoms with Crippen molar-refractivity contribution in [3.63, 3.8) is 0 Å². The molecule has 106 valence electrons. The topological polar surface area (TPSA) is 48.7 Å². The van der Waals surface area contributed by atoms with Gasteiger partial charge in [-0.25, -0.2) is 4.79 Å². The summed E-state index contributed by atoms with van der Waals surface area (Å²) < 4.78 is 15.8. The van der Waals surface area contributed by atoms with Crippen LogP contribution in [0.15, 0.2) is 46.9 Å².